The van der Waals surface area contributed by atoms with E-state index in [4.69, 9.17) is 16.3 Å². The number of carbonyl (C=O) groups excluding carboxylic acids is 2. The quantitative estimate of drug-likeness (QED) is 0.827. The van der Waals surface area contributed by atoms with Crippen LogP contribution in [-0.4, -0.2) is 43.0 Å². The van der Waals surface area contributed by atoms with Crippen molar-refractivity contribution in [2.45, 2.75) is 33.7 Å². The fraction of sp³-hybridized carbons (Fsp3) is 0.529. The summed E-state index contributed by atoms with van der Waals surface area (Å²) in [5.41, 5.74) is 0.935. The lowest BCUT2D eigenvalue weighted by Gasteiger charge is -2.25. The number of hydrogen-bond donors (Lipinski definition) is 1. The van der Waals surface area contributed by atoms with Crippen molar-refractivity contribution in [3.05, 3.63) is 28.8 Å². The number of halogens is 1. The van der Waals surface area contributed by atoms with Gasteiger partial charge in [0, 0.05) is 25.4 Å². The number of ether oxygens (including phenoxy) is 1. The Morgan fingerprint density at radius 2 is 1.96 bits per heavy atom. The normalized spacial score (nSPS) is 12.1. The molecule has 1 aromatic rings. The maximum Gasteiger partial charge on any atom is 0.255 e. The summed E-state index contributed by atoms with van der Waals surface area (Å²) >= 11 is 6.17. The molecule has 1 N–H and O–H groups in total. The number of rotatable bonds is 7. The molecule has 1 rings (SSSR count). The van der Waals surface area contributed by atoms with Crippen molar-refractivity contribution < 1.29 is 14.3 Å². The maximum atomic E-state index is 12.6. The first-order valence-electron chi connectivity index (χ1n) is 7.72. The molecule has 128 valence electrons. The highest BCUT2D eigenvalue weighted by molar-refractivity contribution is 6.34. The first kappa shape index (κ1) is 19.5. The number of carbonyl (C=O) groups is 2. The van der Waals surface area contributed by atoms with Crippen LogP contribution in [0.15, 0.2) is 18.2 Å². The minimum atomic E-state index is -0.280. The lowest BCUT2D eigenvalue weighted by Crippen LogP contribution is -2.36. The van der Waals surface area contributed by atoms with E-state index in [1.165, 1.54) is 0 Å². The monoisotopic (exact) mass is 340 g/mol. The molecule has 0 bridgehead atoms. The van der Waals surface area contributed by atoms with E-state index >= 15 is 0 Å². The lowest BCUT2D eigenvalue weighted by atomic mass is 10.1. The Labute approximate surface area is 142 Å². The Morgan fingerprint density at radius 3 is 2.48 bits per heavy atom. The summed E-state index contributed by atoms with van der Waals surface area (Å²) in [7, 11) is 1.55. The number of nitrogens with one attached hydrogen (secondary N) is 1. The van der Waals surface area contributed by atoms with Gasteiger partial charge in [-0.25, -0.2) is 0 Å². The van der Waals surface area contributed by atoms with Gasteiger partial charge >= 0.3 is 0 Å². The summed E-state index contributed by atoms with van der Waals surface area (Å²) in [6.07, 6.45) is 0. The van der Waals surface area contributed by atoms with Gasteiger partial charge in [0.15, 0.2) is 0 Å². The predicted molar refractivity (Wildman–Crippen MR) is 93.0 cm³/mol. The van der Waals surface area contributed by atoms with Crippen molar-refractivity contribution in [2.75, 3.05) is 25.6 Å². The van der Waals surface area contributed by atoms with Crippen LogP contribution in [0.1, 0.15) is 38.1 Å². The summed E-state index contributed by atoms with van der Waals surface area (Å²) in [4.78, 5) is 26.4. The van der Waals surface area contributed by atoms with Gasteiger partial charge in [0.25, 0.3) is 5.91 Å². The number of benzene rings is 1. The number of amides is 2. The molecule has 0 unspecified atom stereocenters. The van der Waals surface area contributed by atoms with E-state index in [1.54, 1.807) is 37.1 Å². The van der Waals surface area contributed by atoms with Crippen molar-refractivity contribution in [1.29, 1.82) is 0 Å². The summed E-state index contributed by atoms with van der Waals surface area (Å²) in [5.74, 6) is -0.588. The molecular weight excluding hydrogens is 316 g/mol. The number of methoxy groups -OCH3 is 1. The molecule has 0 heterocycles. The maximum absolute atomic E-state index is 12.6. The number of anilines is 1. The first-order valence-corrected chi connectivity index (χ1v) is 8.09. The molecule has 0 spiro atoms. The van der Waals surface area contributed by atoms with Crippen LogP contribution >= 0.6 is 11.6 Å². The molecule has 1 aromatic carbocycles. The Morgan fingerprint density at radius 1 is 1.30 bits per heavy atom. The molecule has 0 fully saturated rings. The van der Waals surface area contributed by atoms with Crippen molar-refractivity contribution in [1.82, 2.24) is 4.90 Å². The fourth-order valence-corrected chi connectivity index (χ4v) is 2.45. The van der Waals surface area contributed by atoms with Crippen LogP contribution in [0, 0.1) is 5.92 Å². The fourth-order valence-electron chi connectivity index (χ4n) is 2.26. The molecule has 0 aliphatic rings. The van der Waals surface area contributed by atoms with Gasteiger partial charge in [0.05, 0.1) is 23.1 Å². The van der Waals surface area contributed by atoms with Crippen LogP contribution < -0.4 is 5.32 Å². The molecule has 6 heteroatoms. The van der Waals surface area contributed by atoms with Crippen LogP contribution in [0.5, 0.6) is 0 Å². The largest absolute Gasteiger partial charge is 0.384 e. The van der Waals surface area contributed by atoms with Gasteiger partial charge in [0.2, 0.25) is 5.91 Å². The van der Waals surface area contributed by atoms with Gasteiger partial charge in [-0.2, -0.15) is 0 Å². The highest BCUT2D eigenvalue weighted by Gasteiger charge is 2.21. The van der Waals surface area contributed by atoms with Crippen molar-refractivity contribution >= 4 is 29.1 Å². The molecule has 2 amide bonds. The average molecular weight is 341 g/mol. The van der Waals surface area contributed by atoms with Crippen molar-refractivity contribution in [3.63, 3.8) is 0 Å². The minimum Gasteiger partial charge on any atom is -0.384 e. The molecule has 23 heavy (non-hydrogen) atoms. The second-order valence-corrected chi connectivity index (χ2v) is 6.13. The average Bonchev–Trinajstić information content (AvgIpc) is 2.49. The van der Waals surface area contributed by atoms with Gasteiger partial charge in [0.1, 0.15) is 0 Å². The third kappa shape index (κ3) is 5.22. The molecule has 5 nitrogen and oxygen atoms in total. The van der Waals surface area contributed by atoms with Crippen LogP contribution in [-0.2, 0) is 9.53 Å². The Kier molecular flexibility index (Phi) is 7.52. The van der Waals surface area contributed by atoms with Crippen LogP contribution in [0.3, 0.4) is 0 Å². The van der Waals surface area contributed by atoms with Crippen LogP contribution in [0.2, 0.25) is 5.02 Å². The van der Waals surface area contributed by atoms with Crippen LogP contribution in [0.25, 0.3) is 0 Å². The smallest absolute Gasteiger partial charge is 0.255 e. The molecule has 0 aliphatic carbocycles. The Balaban J connectivity index is 2.99. The summed E-state index contributed by atoms with van der Waals surface area (Å²) < 4.78 is 4.97. The zero-order valence-corrected chi connectivity index (χ0v) is 15.1. The van der Waals surface area contributed by atoms with Crippen molar-refractivity contribution in [2.24, 2.45) is 5.92 Å². The summed E-state index contributed by atoms with van der Waals surface area (Å²) in [6.45, 7) is 8.53. The van der Waals surface area contributed by atoms with Gasteiger partial charge in [-0.15, -0.1) is 0 Å². The molecular formula is C17H25ClN2O3. The van der Waals surface area contributed by atoms with Crippen LogP contribution in [0.4, 0.5) is 5.69 Å². The predicted octanol–water partition coefficient (Wildman–Crippen LogP) is 3.43. The topological polar surface area (TPSA) is 58.6 Å². The highest BCUT2D eigenvalue weighted by atomic mass is 35.5. The molecule has 1 atom stereocenters. The highest BCUT2D eigenvalue weighted by Crippen LogP contribution is 2.23. The van der Waals surface area contributed by atoms with Gasteiger partial charge in [-0.05, 0) is 39.0 Å². The zero-order valence-electron chi connectivity index (χ0n) is 14.4. The van der Waals surface area contributed by atoms with Gasteiger partial charge in [-0.3, -0.25) is 9.59 Å². The standard InChI is InChI=1S/C17H25ClN2O3/c1-6-20(11(2)3)17(22)14-9-13(7-8-15(14)18)19-16(21)12(4)10-23-5/h7-9,11-12H,6,10H2,1-5H3,(H,19,21)/t12-/m1/s1. The van der Waals surface area contributed by atoms with E-state index in [0.29, 0.717) is 29.4 Å². The van der Waals surface area contributed by atoms with E-state index in [0.717, 1.165) is 0 Å². The second kappa shape index (κ2) is 8.89. The number of nitrogens with zero attached hydrogens (tertiary/aromatic N) is 1. The van der Waals surface area contributed by atoms with Gasteiger partial charge < -0.3 is 15.0 Å². The molecule has 0 saturated heterocycles. The molecule has 0 aromatic heterocycles. The van der Waals surface area contributed by atoms with Crippen molar-refractivity contribution in [3.8, 4) is 0 Å². The molecule has 0 aliphatic heterocycles. The molecule has 0 saturated carbocycles. The van der Waals surface area contributed by atoms with E-state index in [-0.39, 0.29) is 23.8 Å². The summed E-state index contributed by atoms with van der Waals surface area (Å²) in [6, 6.07) is 5.00. The van der Waals surface area contributed by atoms with Gasteiger partial charge in [-0.1, -0.05) is 18.5 Å². The third-order valence-electron chi connectivity index (χ3n) is 3.55. The second-order valence-electron chi connectivity index (χ2n) is 5.73. The first-order chi connectivity index (χ1) is 10.8. The zero-order chi connectivity index (χ0) is 17.6. The van der Waals surface area contributed by atoms with E-state index in [9.17, 15) is 9.59 Å². The minimum absolute atomic E-state index is 0.0727. The Hall–Kier alpha value is -1.59. The Bertz CT molecular complexity index is 561. The SMILES string of the molecule is CCN(C(=O)c1cc(NC(=O)[C@H](C)COC)ccc1Cl)C(C)C. The lowest BCUT2D eigenvalue weighted by molar-refractivity contribution is -0.120. The number of hydrogen-bond acceptors (Lipinski definition) is 3. The molecule has 0 radical (unpaired) electrons. The third-order valence-corrected chi connectivity index (χ3v) is 3.88. The van der Waals surface area contributed by atoms with E-state index < -0.39 is 0 Å². The van der Waals surface area contributed by atoms with E-state index in [1.807, 2.05) is 20.8 Å². The summed E-state index contributed by atoms with van der Waals surface area (Å²) in [5, 5.41) is 3.16. The van der Waals surface area contributed by atoms with E-state index in [2.05, 4.69) is 5.32 Å².